The van der Waals surface area contributed by atoms with Crippen molar-refractivity contribution in [3.8, 4) is 12.0 Å². The molecule has 0 saturated heterocycles. The van der Waals surface area contributed by atoms with Gasteiger partial charge in [0.1, 0.15) is 0 Å². The van der Waals surface area contributed by atoms with Crippen LogP contribution in [-0.4, -0.2) is 41.3 Å². The van der Waals surface area contributed by atoms with Gasteiger partial charge in [0, 0.05) is 6.54 Å². The molecule has 1 saturated carbocycles. The van der Waals surface area contributed by atoms with Crippen LogP contribution in [0.15, 0.2) is 0 Å². The van der Waals surface area contributed by atoms with Gasteiger partial charge in [-0.25, -0.2) is 0 Å². The van der Waals surface area contributed by atoms with Crippen molar-refractivity contribution in [2.24, 2.45) is 5.73 Å². The molecule has 100 valence electrons. The van der Waals surface area contributed by atoms with E-state index in [-0.39, 0.29) is 17.6 Å². The van der Waals surface area contributed by atoms with Crippen molar-refractivity contribution < 1.29 is 9.47 Å². The van der Waals surface area contributed by atoms with Gasteiger partial charge in [-0.3, -0.25) is 0 Å². The molecule has 1 aliphatic rings. The Morgan fingerprint density at radius 2 is 1.67 bits per heavy atom. The van der Waals surface area contributed by atoms with E-state index in [0.29, 0.717) is 12.5 Å². The van der Waals surface area contributed by atoms with Crippen LogP contribution in [0.3, 0.4) is 0 Å². The first kappa shape index (κ1) is 12.8. The van der Waals surface area contributed by atoms with E-state index in [0.717, 1.165) is 12.8 Å². The quantitative estimate of drug-likeness (QED) is 0.792. The molecule has 1 aromatic rings. The van der Waals surface area contributed by atoms with Gasteiger partial charge >= 0.3 is 12.0 Å². The van der Waals surface area contributed by atoms with Crippen molar-refractivity contribution in [1.29, 1.82) is 0 Å². The molecule has 0 atom stereocenters. The second-order valence-electron chi connectivity index (χ2n) is 4.45. The van der Waals surface area contributed by atoms with Gasteiger partial charge in [0.15, 0.2) is 0 Å². The van der Waals surface area contributed by atoms with Crippen molar-refractivity contribution in [1.82, 2.24) is 15.0 Å². The van der Waals surface area contributed by atoms with E-state index in [1.54, 1.807) is 0 Å². The first-order valence-electron chi connectivity index (χ1n) is 6.04. The number of nitrogens with zero attached hydrogens (tertiary/aromatic N) is 3. The number of nitrogens with one attached hydrogen (secondary N) is 1. The molecular formula is C11H19N5O2. The van der Waals surface area contributed by atoms with Crippen molar-refractivity contribution in [2.45, 2.75) is 31.2 Å². The topological polar surface area (TPSA) is 95.2 Å². The molecular weight excluding hydrogens is 234 g/mol. The predicted molar refractivity (Wildman–Crippen MR) is 66.8 cm³/mol. The van der Waals surface area contributed by atoms with Crippen LogP contribution >= 0.6 is 0 Å². The molecule has 18 heavy (non-hydrogen) atoms. The summed E-state index contributed by atoms with van der Waals surface area (Å²) in [5, 5.41) is 3.31. The van der Waals surface area contributed by atoms with Crippen LogP contribution in [0.25, 0.3) is 0 Å². The summed E-state index contributed by atoms with van der Waals surface area (Å²) in [7, 11) is 3.01. The van der Waals surface area contributed by atoms with Crippen LogP contribution in [0.4, 0.5) is 5.95 Å². The van der Waals surface area contributed by atoms with Crippen molar-refractivity contribution >= 4 is 5.95 Å². The van der Waals surface area contributed by atoms with Crippen LogP contribution in [0.5, 0.6) is 12.0 Å². The van der Waals surface area contributed by atoms with Gasteiger partial charge in [-0.2, -0.15) is 9.97 Å². The number of methoxy groups -OCH3 is 2. The number of hydrogen-bond acceptors (Lipinski definition) is 7. The average Bonchev–Trinajstić information content (AvgIpc) is 2.87. The van der Waals surface area contributed by atoms with Gasteiger partial charge in [-0.1, -0.05) is 12.8 Å². The summed E-state index contributed by atoms with van der Waals surface area (Å²) in [5.41, 5.74) is 5.75. The van der Waals surface area contributed by atoms with Crippen LogP contribution in [0.1, 0.15) is 25.7 Å². The SMILES string of the molecule is COc1nc(NC2(CN)CCCC2)nc(OC)n1. The Hall–Kier alpha value is -1.63. The molecule has 0 radical (unpaired) electrons. The summed E-state index contributed by atoms with van der Waals surface area (Å²) < 4.78 is 10.0. The largest absolute Gasteiger partial charge is 0.467 e. The molecule has 1 fully saturated rings. The molecule has 0 spiro atoms. The van der Waals surface area contributed by atoms with Gasteiger partial charge in [-0.15, -0.1) is 4.98 Å². The zero-order valence-electron chi connectivity index (χ0n) is 10.8. The number of ether oxygens (including phenoxy) is 2. The standard InChI is InChI=1S/C11H19N5O2/c1-17-9-13-8(14-10(15-9)18-2)16-11(7-12)5-3-4-6-11/h3-7,12H2,1-2H3,(H,13,14,15,16). The molecule has 1 heterocycles. The van der Waals surface area contributed by atoms with Gasteiger partial charge in [-0.05, 0) is 12.8 Å². The third-order valence-corrected chi connectivity index (χ3v) is 3.29. The van der Waals surface area contributed by atoms with Crippen LogP contribution in [0.2, 0.25) is 0 Å². The number of nitrogens with two attached hydrogens (primary N) is 1. The minimum atomic E-state index is -0.114. The molecule has 0 bridgehead atoms. The Labute approximate surface area is 106 Å². The predicted octanol–water partition coefficient (Wildman–Crippen LogP) is 0.572. The van der Waals surface area contributed by atoms with E-state index in [4.69, 9.17) is 15.2 Å². The fraction of sp³-hybridized carbons (Fsp3) is 0.727. The second-order valence-corrected chi connectivity index (χ2v) is 4.45. The summed E-state index contributed by atoms with van der Waals surface area (Å²) in [5.74, 6) is 0.450. The van der Waals surface area contributed by atoms with E-state index >= 15 is 0 Å². The van der Waals surface area contributed by atoms with Gasteiger partial charge in [0.2, 0.25) is 5.95 Å². The monoisotopic (exact) mass is 253 g/mol. The zero-order valence-corrected chi connectivity index (χ0v) is 10.8. The highest BCUT2D eigenvalue weighted by atomic mass is 16.5. The smallest absolute Gasteiger partial charge is 0.324 e. The molecule has 7 heteroatoms. The van der Waals surface area contributed by atoms with Crippen LogP contribution in [0, 0.1) is 0 Å². The normalized spacial score (nSPS) is 17.5. The summed E-state index contributed by atoms with van der Waals surface area (Å²) >= 11 is 0. The van der Waals surface area contributed by atoms with E-state index in [9.17, 15) is 0 Å². The molecule has 1 aromatic heterocycles. The average molecular weight is 253 g/mol. The van der Waals surface area contributed by atoms with E-state index in [1.165, 1.54) is 27.1 Å². The molecule has 7 nitrogen and oxygen atoms in total. The third-order valence-electron chi connectivity index (χ3n) is 3.29. The van der Waals surface area contributed by atoms with Gasteiger partial charge < -0.3 is 20.5 Å². The number of rotatable bonds is 5. The first-order chi connectivity index (χ1) is 8.71. The molecule has 0 aromatic carbocycles. The van der Waals surface area contributed by atoms with E-state index in [1.807, 2.05) is 0 Å². The lowest BCUT2D eigenvalue weighted by molar-refractivity contribution is 0.340. The maximum absolute atomic E-state index is 5.86. The lowest BCUT2D eigenvalue weighted by atomic mass is 9.98. The van der Waals surface area contributed by atoms with Gasteiger partial charge in [0.05, 0.1) is 19.8 Å². The maximum atomic E-state index is 5.86. The molecule has 2 rings (SSSR count). The minimum absolute atomic E-state index is 0.114. The fourth-order valence-electron chi connectivity index (χ4n) is 2.25. The summed E-state index contributed by atoms with van der Waals surface area (Å²) in [6.07, 6.45) is 4.40. The van der Waals surface area contributed by atoms with E-state index in [2.05, 4.69) is 20.3 Å². The Morgan fingerprint density at radius 1 is 1.11 bits per heavy atom. The summed E-state index contributed by atoms with van der Waals surface area (Å²) in [6.45, 7) is 0.559. The maximum Gasteiger partial charge on any atom is 0.324 e. The highest BCUT2D eigenvalue weighted by Crippen LogP contribution is 2.31. The van der Waals surface area contributed by atoms with E-state index < -0.39 is 0 Å². The fourth-order valence-corrected chi connectivity index (χ4v) is 2.25. The summed E-state index contributed by atoms with van der Waals surface area (Å²) in [4.78, 5) is 12.3. The molecule has 0 amide bonds. The minimum Gasteiger partial charge on any atom is -0.467 e. The second kappa shape index (κ2) is 5.34. The Kier molecular flexibility index (Phi) is 3.81. The molecule has 1 aliphatic carbocycles. The van der Waals surface area contributed by atoms with Crippen LogP contribution in [-0.2, 0) is 0 Å². The lowest BCUT2D eigenvalue weighted by Gasteiger charge is -2.28. The number of hydrogen-bond donors (Lipinski definition) is 2. The zero-order chi connectivity index (χ0) is 13.0. The number of aromatic nitrogens is 3. The van der Waals surface area contributed by atoms with Crippen molar-refractivity contribution in [3.63, 3.8) is 0 Å². The lowest BCUT2D eigenvalue weighted by Crippen LogP contribution is -2.43. The summed E-state index contributed by atoms with van der Waals surface area (Å²) in [6, 6.07) is 0.462. The Bertz CT molecular complexity index is 384. The van der Waals surface area contributed by atoms with Gasteiger partial charge in [0.25, 0.3) is 0 Å². The highest BCUT2D eigenvalue weighted by molar-refractivity contribution is 5.32. The van der Waals surface area contributed by atoms with Crippen molar-refractivity contribution in [3.05, 3.63) is 0 Å². The molecule has 3 N–H and O–H groups in total. The Morgan fingerprint density at radius 3 is 2.11 bits per heavy atom. The van der Waals surface area contributed by atoms with Crippen molar-refractivity contribution in [2.75, 3.05) is 26.1 Å². The third kappa shape index (κ3) is 2.61. The molecule has 0 unspecified atom stereocenters. The first-order valence-corrected chi connectivity index (χ1v) is 6.04. The Balaban J connectivity index is 2.21. The molecule has 0 aliphatic heterocycles. The van der Waals surface area contributed by atoms with Crippen LogP contribution < -0.4 is 20.5 Å². The highest BCUT2D eigenvalue weighted by Gasteiger charge is 2.33. The number of anilines is 1.